The third kappa shape index (κ3) is 3.69. The summed E-state index contributed by atoms with van der Waals surface area (Å²) in [5.41, 5.74) is 1.71. The summed E-state index contributed by atoms with van der Waals surface area (Å²) in [7, 11) is 1.57. The quantitative estimate of drug-likeness (QED) is 0.283. The molecule has 2 aromatic heterocycles. The highest BCUT2D eigenvalue weighted by Crippen LogP contribution is 2.36. The fourth-order valence-electron chi connectivity index (χ4n) is 3.57. The Kier molecular flexibility index (Phi) is 5.07. The van der Waals surface area contributed by atoms with E-state index in [0.29, 0.717) is 44.9 Å². The lowest BCUT2D eigenvalue weighted by atomic mass is 10.1. The number of halogens is 2. The lowest BCUT2D eigenvalue weighted by Crippen LogP contribution is -1.99. The van der Waals surface area contributed by atoms with Crippen molar-refractivity contribution >= 4 is 33.5 Å². The number of hydrogen-bond donors (Lipinski definition) is 0. The van der Waals surface area contributed by atoms with E-state index in [4.69, 9.17) is 29.9 Å². The van der Waals surface area contributed by atoms with Gasteiger partial charge in [-0.2, -0.15) is 0 Å². The molecule has 3 aromatic carbocycles. The number of hydrogen-bond acceptors (Lipinski definition) is 5. The average molecular weight is 451 g/mol. The van der Waals surface area contributed by atoms with Gasteiger partial charge in [-0.3, -0.25) is 0 Å². The van der Waals surface area contributed by atoms with Crippen molar-refractivity contribution in [3.05, 3.63) is 93.6 Å². The molecule has 0 unspecified atom stereocenters. The summed E-state index contributed by atoms with van der Waals surface area (Å²) in [5, 5.41) is 1.78. The van der Waals surface area contributed by atoms with Gasteiger partial charge in [0.1, 0.15) is 29.5 Å². The number of furan rings is 1. The highest BCUT2D eigenvalue weighted by molar-refractivity contribution is 6.31. The van der Waals surface area contributed by atoms with Crippen LogP contribution in [0.25, 0.3) is 33.3 Å². The van der Waals surface area contributed by atoms with E-state index in [2.05, 4.69) is 0 Å². The lowest BCUT2D eigenvalue weighted by Gasteiger charge is -2.10. The molecule has 160 valence electrons. The molecule has 2 heterocycles. The summed E-state index contributed by atoms with van der Waals surface area (Å²) in [6.07, 6.45) is 0. The van der Waals surface area contributed by atoms with Gasteiger partial charge in [-0.25, -0.2) is 9.18 Å². The molecule has 0 spiro atoms. The smallest absolute Gasteiger partial charge is 0.336 e. The summed E-state index contributed by atoms with van der Waals surface area (Å²) in [6, 6.07) is 18.0. The van der Waals surface area contributed by atoms with Crippen LogP contribution < -0.4 is 15.1 Å². The van der Waals surface area contributed by atoms with Crippen LogP contribution in [0, 0.1) is 5.82 Å². The van der Waals surface area contributed by atoms with Crippen molar-refractivity contribution in [2.75, 3.05) is 7.11 Å². The molecule has 0 bridgehead atoms. The molecule has 0 saturated heterocycles. The Morgan fingerprint density at radius 1 is 1.00 bits per heavy atom. The first-order chi connectivity index (χ1) is 15.5. The molecule has 5 nitrogen and oxygen atoms in total. The Balaban J connectivity index is 1.56. The topological polar surface area (TPSA) is 61.8 Å². The number of rotatable bonds is 5. The summed E-state index contributed by atoms with van der Waals surface area (Å²) in [6.45, 7) is 0.151. The highest BCUT2D eigenvalue weighted by atomic mass is 35.5. The van der Waals surface area contributed by atoms with Crippen LogP contribution in [0.2, 0.25) is 5.02 Å². The first-order valence-corrected chi connectivity index (χ1v) is 10.1. The molecule has 5 rings (SSSR count). The Morgan fingerprint density at radius 3 is 2.69 bits per heavy atom. The monoisotopic (exact) mass is 450 g/mol. The lowest BCUT2D eigenvalue weighted by molar-refractivity contribution is 0.306. The van der Waals surface area contributed by atoms with Crippen molar-refractivity contribution in [2.24, 2.45) is 0 Å². The van der Waals surface area contributed by atoms with Crippen LogP contribution in [0.4, 0.5) is 4.39 Å². The van der Waals surface area contributed by atoms with Gasteiger partial charge in [0.2, 0.25) is 0 Å². The van der Waals surface area contributed by atoms with E-state index >= 15 is 0 Å². The zero-order valence-corrected chi connectivity index (χ0v) is 17.6. The number of benzene rings is 3. The minimum absolute atomic E-state index is 0.151. The molecule has 0 fully saturated rings. The second-order valence-corrected chi connectivity index (χ2v) is 7.56. The second-order valence-electron chi connectivity index (χ2n) is 7.15. The van der Waals surface area contributed by atoms with Crippen molar-refractivity contribution in [3.63, 3.8) is 0 Å². The standard InChI is InChI=1S/C25H16ClFO5/c1-29-22-4-2-3-14-9-23(32-25(14)22)19-12-24(28)31-21-8-7-17(11-18(19)21)30-13-15-5-6-16(27)10-20(15)26/h2-12H,13H2,1H3. The van der Waals surface area contributed by atoms with Crippen molar-refractivity contribution in [3.8, 4) is 22.8 Å². The Morgan fingerprint density at radius 2 is 1.88 bits per heavy atom. The molecule has 32 heavy (non-hydrogen) atoms. The Labute approximate surface area is 186 Å². The van der Waals surface area contributed by atoms with Crippen molar-refractivity contribution in [2.45, 2.75) is 6.61 Å². The molecular formula is C25H16ClFO5. The van der Waals surface area contributed by atoms with Crippen LogP contribution in [-0.2, 0) is 6.61 Å². The minimum atomic E-state index is -0.494. The Bertz CT molecular complexity index is 1520. The first kappa shape index (κ1) is 20.2. The van der Waals surface area contributed by atoms with E-state index in [0.717, 1.165) is 5.39 Å². The zero-order valence-electron chi connectivity index (χ0n) is 16.9. The van der Waals surface area contributed by atoms with E-state index in [1.165, 1.54) is 18.2 Å². The number of para-hydroxylation sites is 1. The zero-order chi connectivity index (χ0) is 22.2. The van der Waals surface area contributed by atoms with Gasteiger partial charge in [-0.05, 0) is 42.5 Å². The average Bonchev–Trinajstić information content (AvgIpc) is 3.22. The SMILES string of the molecule is COc1cccc2cc(-c3cc(=O)oc4ccc(OCc5ccc(F)cc5Cl)cc34)oc12. The van der Waals surface area contributed by atoms with Gasteiger partial charge in [0, 0.05) is 28.0 Å². The van der Waals surface area contributed by atoms with Crippen molar-refractivity contribution in [1.82, 2.24) is 0 Å². The molecule has 0 N–H and O–H groups in total. The summed E-state index contributed by atoms with van der Waals surface area (Å²) in [4.78, 5) is 12.2. The molecule has 0 saturated carbocycles. The van der Waals surface area contributed by atoms with E-state index in [-0.39, 0.29) is 11.6 Å². The molecule has 0 aliphatic heterocycles. The molecule has 5 aromatic rings. The fourth-order valence-corrected chi connectivity index (χ4v) is 3.79. The van der Waals surface area contributed by atoms with Crippen molar-refractivity contribution in [1.29, 1.82) is 0 Å². The van der Waals surface area contributed by atoms with Crippen LogP contribution in [0.3, 0.4) is 0 Å². The van der Waals surface area contributed by atoms with Crippen LogP contribution in [-0.4, -0.2) is 7.11 Å². The second kappa shape index (κ2) is 8.05. The van der Waals surface area contributed by atoms with Gasteiger partial charge in [0.15, 0.2) is 11.3 Å². The minimum Gasteiger partial charge on any atom is -0.493 e. The van der Waals surface area contributed by atoms with E-state index < -0.39 is 11.4 Å². The largest absolute Gasteiger partial charge is 0.493 e. The maximum absolute atomic E-state index is 13.3. The third-order valence-electron chi connectivity index (χ3n) is 5.12. The predicted molar refractivity (Wildman–Crippen MR) is 120 cm³/mol. The molecule has 0 aliphatic carbocycles. The van der Waals surface area contributed by atoms with E-state index in [9.17, 15) is 9.18 Å². The van der Waals surface area contributed by atoms with Gasteiger partial charge in [0.25, 0.3) is 0 Å². The predicted octanol–water partition coefficient (Wildman–Crippen LogP) is 6.59. The molecule has 0 radical (unpaired) electrons. The van der Waals surface area contributed by atoms with E-state index in [1.807, 2.05) is 18.2 Å². The van der Waals surface area contributed by atoms with E-state index in [1.54, 1.807) is 37.4 Å². The molecule has 7 heteroatoms. The van der Waals surface area contributed by atoms with Crippen LogP contribution in [0.1, 0.15) is 5.56 Å². The van der Waals surface area contributed by atoms with Gasteiger partial charge in [-0.15, -0.1) is 0 Å². The maximum atomic E-state index is 13.3. The van der Waals surface area contributed by atoms with Gasteiger partial charge in [-0.1, -0.05) is 29.8 Å². The van der Waals surface area contributed by atoms with Crippen LogP contribution >= 0.6 is 11.6 Å². The molecule has 0 aliphatic rings. The summed E-state index contributed by atoms with van der Waals surface area (Å²) < 4.78 is 35.9. The number of methoxy groups -OCH3 is 1. The maximum Gasteiger partial charge on any atom is 0.336 e. The molecule has 0 atom stereocenters. The number of fused-ring (bicyclic) bond motifs is 2. The van der Waals surface area contributed by atoms with Crippen LogP contribution in [0.5, 0.6) is 11.5 Å². The Hall–Kier alpha value is -3.77. The van der Waals surface area contributed by atoms with Gasteiger partial charge < -0.3 is 18.3 Å². The van der Waals surface area contributed by atoms with Gasteiger partial charge in [0.05, 0.1) is 12.1 Å². The normalized spacial score (nSPS) is 11.2. The molecular weight excluding hydrogens is 435 g/mol. The highest BCUT2D eigenvalue weighted by Gasteiger charge is 2.15. The third-order valence-corrected chi connectivity index (χ3v) is 5.47. The fraction of sp³-hybridized carbons (Fsp3) is 0.0800. The number of ether oxygens (including phenoxy) is 2. The van der Waals surface area contributed by atoms with Gasteiger partial charge >= 0.3 is 5.63 Å². The summed E-state index contributed by atoms with van der Waals surface area (Å²) >= 11 is 6.08. The van der Waals surface area contributed by atoms with Crippen molar-refractivity contribution < 1.29 is 22.7 Å². The summed E-state index contributed by atoms with van der Waals surface area (Å²) in [5.74, 6) is 1.22. The first-order valence-electron chi connectivity index (χ1n) is 9.73. The molecule has 0 amide bonds. The van der Waals surface area contributed by atoms with Crippen LogP contribution in [0.15, 0.2) is 80.4 Å².